The Hall–Kier alpha value is -1.51. The Morgan fingerprint density at radius 1 is 1.73 bits per heavy atom. The van der Waals surface area contributed by atoms with Crippen LogP contribution < -0.4 is 5.73 Å². The Bertz CT molecular complexity index is 272. The molecule has 0 atom stereocenters. The van der Waals surface area contributed by atoms with E-state index < -0.39 is 5.91 Å². The van der Waals surface area contributed by atoms with E-state index >= 15 is 0 Å². The Morgan fingerprint density at radius 2 is 2.45 bits per heavy atom. The summed E-state index contributed by atoms with van der Waals surface area (Å²) >= 11 is 0. The van der Waals surface area contributed by atoms with Gasteiger partial charge in [-0.1, -0.05) is 0 Å². The zero-order valence-corrected chi connectivity index (χ0v) is 6.20. The number of hydrogen-bond donors (Lipinski definition) is 1. The van der Waals surface area contributed by atoms with Gasteiger partial charge in [0.15, 0.2) is 0 Å². The number of hydrogen-bond acceptors (Lipinski definition) is 2. The molecular formula is C8H9NO2. The van der Waals surface area contributed by atoms with Gasteiger partial charge in [-0.25, -0.2) is 0 Å². The highest BCUT2D eigenvalue weighted by Crippen LogP contribution is 2.05. The third-order valence-corrected chi connectivity index (χ3v) is 1.29. The lowest BCUT2D eigenvalue weighted by Crippen LogP contribution is -2.11. The van der Waals surface area contributed by atoms with Gasteiger partial charge in [-0.15, -0.1) is 0 Å². The number of furan rings is 1. The molecule has 2 N–H and O–H groups in total. The lowest BCUT2D eigenvalue weighted by molar-refractivity contribution is -0.114. The van der Waals surface area contributed by atoms with Gasteiger partial charge in [-0.05, 0) is 25.1 Å². The lowest BCUT2D eigenvalue weighted by atomic mass is 10.2. The summed E-state index contributed by atoms with van der Waals surface area (Å²) in [6.45, 7) is 1.64. The van der Waals surface area contributed by atoms with Crippen LogP contribution in [0.2, 0.25) is 0 Å². The van der Waals surface area contributed by atoms with E-state index in [1.165, 1.54) is 0 Å². The van der Waals surface area contributed by atoms with E-state index in [1.54, 1.807) is 31.4 Å². The molecule has 3 nitrogen and oxygen atoms in total. The van der Waals surface area contributed by atoms with E-state index in [9.17, 15) is 4.79 Å². The van der Waals surface area contributed by atoms with E-state index in [0.29, 0.717) is 11.3 Å². The average Bonchev–Trinajstić information content (AvgIpc) is 2.39. The molecule has 0 aliphatic heterocycles. The van der Waals surface area contributed by atoms with Gasteiger partial charge in [0, 0.05) is 5.57 Å². The molecule has 0 saturated carbocycles. The highest BCUT2D eigenvalue weighted by molar-refractivity contribution is 5.95. The zero-order chi connectivity index (χ0) is 8.27. The van der Waals surface area contributed by atoms with Crippen LogP contribution in [0.5, 0.6) is 0 Å². The van der Waals surface area contributed by atoms with E-state index in [2.05, 4.69) is 0 Å². The number of nitrogens with two attached hydrogens (primary N) is 1. The van der Waals surface area contributed by atoms with Gasteiger partial charge in [0.2, 0.25) is 5.91 Å². The molecule has 0 spiro atoms. The topological polar surface area (TPSA) is 56.2 Å². The molecular weight excluding hydrogens is 142 g/mol. The first-order chi connectivity index (χ1) is 5.20. The summed E-state index contributed by atoms with van der Waals surface area (Å²) in [5.74, 6) is 0.211. The van der Waals surface area contributed by atoms with Gasteiger partial charge >= 0.3 is 0 Å². The quantitative estimate of drug-likeness (QED) is 0.645. The van der Waals surface area contributed by atoms with Crippen LogP contribution in [0.25, 0.3) is 6.08 Å². The summed E-state index contributed by atoms with van der Waals surface area (Å²) in [6, 6.07) is 3.51. The van der Waals surface area contributed by atoms with Gasteiger partial charge in [0.25, 0.3) is 0 Å². The van der Waals surface area contributed by atoms with Gasteiger partial charge in [-0.3, -0.25) is 4.79 Å². The van der Waals surface area contributed by atoms with Crippen molar-refractivity contribution in [2.75, 3.05) is 0 Å². The van der Waals surface area contributed by atoms with Crippen LogP contribution in [0.1, 0.15) is 12.7 Å². The highest BCUT2D eigenvalue weighted by Gasteiger charge is 1.97. The summed E-state index contributed by atoms with van der Waals surface area (Å²) in [4.78, 5) is 10.5. The fourth-order valence-corrected chi connectivity index (χ4v) is 0.658. The molecule has 1 heterocycles. The summed E-state index contributed by atoms with van der Waals surface area (Å²) in [5.41, 5.74) is 5.49. The van der Waals surface area contributed by atoms with Crippen molar-refractivity contribution in [1.29, 1.82) is 0 Å². The van der Waals surface area contributed by atoms with Gasteiger partial charge < -0.3 is 10.2 Å². The van der Waals surface area contributed by atoms with Crippen LogP contribution in [0.3, 0.4) is 0 Å². The first kappa shape index (κ1) is 7.60. The maximum absolute atomic E-state index is 10.5. The summed E-state index contributed by atoms with van der Waals surface area (Å²) in [7, 11) is 0. The number of amides is 1. The maximum Gasteiger partial charge on any atom is 0.244 e. The minimum absolute atomic E-state index is 0.429. The number of primary amides is 1. The molecule has 0 aromatic carbocycles. The van der Waals surface area contributed by atoms with E-state index in [-0.39, 0.29) is 0 Å². The Labute approximate surface area is 64.5 Å². The number of rotatable bonds is 2. The summed E-state index contributed by atoms with van der Waals surface area (Å²) in [5, 5.41) is 0. The first-order valence-electron chi connectivity index (χ1n) is 3.22. The van der Waals surface area contributed by atoms with Crippen LogP contribution >= 0.6 is 0 Å². The van der Waals surface area contributed by atoms with Crippen molar-refractivity contribution in [2.45, 2.75) is 6.92 Å². The van der Waals surface area contributed by atoms with E-state index in [1.807, 2.05) is 0 Å². The van der Waals surface area contributed by atoms with Crippen LogP contribution in [-0.4, -0.2) is 5.91 Å². The van der Waals surface area contributed by atoms with Crippen LogP contribution in [0.15, 0.2) is 28.4 Å². The van der Waals surface area contributed by atoms with Crippen molar-refractivity contribution in [2.24, 2.45) is 5.73 Å². The molecule has 1 rings (SSSR count). The molecule has 1 aromatic rings. The average molecular weight is 151 g/mol. The lowest BCUT2D eigenvalue weighted by Gasteiger charge is -1.90. The molecule has 0 saturated heterocycles. The molecule has 58 valence electrons. The number of carbonyl (C=O) groups excluding carboxylic acids is 1. The third kappa shape index (κ3) is 1.97. The van der Waals surface area contributed by atoms with Crippen LogP contribution in [-0.2, 0) is 4.79 Å². The predicted octanol–water partition coefficient (Wildman–Crippen LogP) is 1.17. The molecule has 11 heavy (non-hydrogen) atoms. The molecule has 1 aromatic heterocycles. The Morgan fingerprint density at radius 3 is 2.91 bits per heavy atom. The van der Waals surface area contributed by atoms with Gasteiger partial charge in [-0.2, -0.15) is 0 Å². The molecule has 0 aliphatic rings. The summed E-state index contributed by atoms with van der Waals surface area (Å²) < 4.78 is 4.97. The van der Waals surface area contributed by atoms with Gasteiger partial charge in [0.1, 0.15) is 5.76 Å². The zero-order valence-electron chi connectivity index (χ0n) is 6.20. The molecule has 1 amide bonds. The smallest absolute Gasteiger partial charge is 0.244 e. The van der Waals surface area contributed by atoms with Crippen molar-refractivity contribution in [3.8, 4) is 0 Å². The van der Waals surface area contributed by atoms with Crippen molar-refractivity contribution in [1.82, 2.24) is 0 Å². The van der Waals surface area contributed by atoms with Gasteiger partial charge in [0.05, 0.1) is 6.26 Å². The second-order valence-corrected chi connectivity index (χ2v) is 2.21. The van der Waals surface area contributed by atoms with Crippen LogP contribution in [0.4, 0.5) is 0 Å². The van der Waals surface area contributed by atoms with E-state index in [0.717, 1.165) is 0 Å². The Kier molecular flexibility index (Phi) is 2.11. The van der Waals surface area contributed by atoms with E-state index in [4.69, 9.17) is 10.2 Å². The SMILES string of the molecule is CC(=Cc1ccco1)C(N)=O. The van der Waals surface area contributed by atoms with Crippen molar-refractivity contribution in [3.63, 3.8) is 0 Å². The van der Waals surface area contributed by atoms with Crippen molar-refractivity contribution < 1.29 is 9.21 Å². The molecule has 0 unspecified atom stereocenters. The normalized spacial score (nSPS) is 11.5. The first-order valence-corrected chi connectivity index (χ1v) is 3.22. The largest absolute Gasteiger partial charge is 0.465 e. The summed E-state index contributed by atoms with van der Waals surface area (Å²) in [6.07, 6.45) is 3.14. The molecule has 0 fully saturated rings. The molecule has 0 aliphatic carbocycles. The maximum atomic E-state index is 10.5. The standard InChI is InChI=1S/C8H9NO2/c1-6(8(9)10)5-7-3-2-4-11-7/h2-5H,1H3,(H2,9,10). The molecule has 0 bridgehead atoms. The minimum Gasteiger partial charge on any atom is -0.465 e. The monoisotopic (exact) mass is 151 g/mol. The fraction of sp³-hybridized carbons (Fsp3) is 0.125. The fourth-order valence-electron chi connectivity index (χ4n) is 0.658. The number of carbonyl (C=O) groups is 1. The van der Waals surface area contributed by atoms with Crippen molar-refractivity contribution >= 4 is 12.0 Å². The second kappa shape index (κ2) is 3.05. The predicted molar refractivity (Wildman–Crippen MR) is 41.6 cm³/mol. The Balaban J connectivity index is 2.82. The molecule has 3 heteroatoms. The third-order valence-electron chi connectivity index (χ3n) is 1.29. The second-order valence-electron chi connectivity index (χ2n) is 2.21. The highest BCUT2D eigenvalue weighted by atomic mass is 16.3. The minimum atomic E-state index is -0.429. The molecule has 0 radical (unpaired) electrons. The van der Waals surface area contributed by atoms with Crippen LogP contribution in [0, 0.1) is 0 Å². The van der Waals surface area contributed by atoms with Crippen molar-refractivity contribution in [3.05, 3.63) is 29.7 Å².